The maximum Gasteiger partial charge on any atom is 0.303 e. The Morgan fingerprint density at radius 2 is 2.13 bits per heavy atom. The van der Waals surface area contributed by atoms with E-state index in [0.29, 0.717) is 0 Å². The number of carbonyl (C=O) groups is 1. The predicted octanol–water partition coefficient (Wildman–Crippen LogP) is 2.20. The van der Waals surface area contributed by atoms with E-state index in [-0.39, 0.29) is 24.4 Å². The highest BCUT2D eigenvalue weighted by atomic mass is 16.4. The van der Waals surface area contributed by atoms with E-state index in [9.17, 15) is 9.90 Å². The van der Waals surface area contributed by atoms with Crippen molar-refractivity contribution in [2.24, 2.45) is 11.8 Å². The first-order chi connectivity index (χ1) is 7.15. The molecule has 0 heterocycles. The van der Waals surface area contributed by atoms with Crippen LogP contribution in [0.4, 0.5) is 0 Å². The van der Waals surface area contributed by atoms with E-state index in [2.05, 4.69) is 19.1 Å². The van der Waals surface area contributed by atoms with Crippen LogP contribution in [0.3, 0.4) is 0 Å². The number of hydrogen-bond acceptors (Lipinski definition) is 2. The molecule has 0 radical (unpaired) electrons. The molecule has 1 saturated carbocycles. The summed E-state index contributed by atoms with van der Waals surface area (Å²) in [6.45, 7) is 2.07. The van der Waals surface area contributed by atoms with Crippen LogP contribution in [0.1, 0.15) is 39.0 Å². The molecule has 0 amide bonds. The molecule has 15 heavy (non-hydrogen) atoms. The van der Waals surface area contributed by atoms with E-state index >= 15 is 0 Å². The number of carboxylic acids is 1. The molecule has 3 atom stereocenters. The van der Waals surface area contributed by atoms with Crippen molar-refractivity contribution in [3.63, 3.8) is 0 Å². The van der Waals surface area contributed by atoms with Gasteiger partial charge in [0.1, 0.15) is 0 Å². The summed E-state index contributed by atoms with van der Waals surface area (Å²) in [4.78, 5) is 10.6. The third-order valence-corrected chi connectivity index (χ3v) is 3.18. The van der Waals surface area contributed by atoms with Crippen LogP contribution in [-0.4, -0.2) is 22.3 Å². The van der Waals surface area contributed by atoms with Crippen LogP contribution < -0.4 is 0 Å². The van der Waals surface area contributed by atoms with E-state index in [1.165, 1.54) is 0 Å². The molecule has 2 N–H and O–H groups in total. The fraction of sp³-hybridized carbons (Fsp3) is 0.750. The van der Waals surface area contributed by atoms with Crippen molar-refractivity contribution in [1.82, 2.24) is 0 Å². The number of rotatable bonds is 5. The Kier molecular flexibility index (Phi) is 4.82. The summed E-state index contributed by atoms with van der Waals surface area (Å²) in [5.41, 5.74) is 0. The van der Waals surface area contributed by atoms with Gasteiger partial charge in [0.05, 0.1) is 6.10 Å². The van der Waals surface area contributed by atoms with E-state index in [4.69, 9.17) is 5.11 Å². The summed E-state index contributed by atoms with van der Waals surface area (Å²) in [5, 5.41) is 18.5. The smallest absolute Gasteiger partial charge is 0.303 e. The van der Waals surface area contributed by atoms with E-state index in [0.717, 1.165) is 25.7 Å². The number of allylic oxidation sites excluding steroid dienone is 2. The van der Waals surface area contributed by atoms with Gasteiger partial charge in [0.2, 0.25) is 0 Å². The van der Waals surface area contributed by atoms with Crippen LogP contribution in [0.2, 0.25) is 0 Å². The molecule has 0 bridgehead atoms. The Labute approximate surface area is 90.8 Å². The molecule has 1 fully saturated rings. The minimum atomic E-state index is -0.751. The summed E-state index contributed by atoms with van der Waals surface area (Å²) < 4.78 is 0. The molecule has 0 aromatic carbocycles. The highest BCUT2D eigenvalue weighted by Crippen LogP contribution is 2.36. The zero-order valence-corrected chi connectivity index (χ0v) is 9.22. The summed E-state index contributed by atoms with van der Waals surface area (Å²) in [7, 11) is 0. The molecule has 0 aliphatic heterocycles. The van der Waals surface area contributed by atoms with Gasteiger partial charge in [-0.05, 0) is 37.5 Å². The number of aliphatic carboxylic acids is 1. The Hall–Kier alpha value is -0.830. The largest absolute Gasteiger partial charge is 0.481 e. The molecule has 0 aromatic rings. The van der Waals surface area contributed by atoms with Gasteiger partial charge in [-0.15, -0.1) is 0 Å². The normalized spacial score (nSPS) is 31.2. The molecule has 3 heteroatoms. The molecular formula is C12H20O3. The van der Waals surface area contributed by atoms with E-state index in [1.54, 1.807) is 0 Å². The van der Waals surface area contributed by atoms with Crippen LogP contribution in [0.15, 0.2) is 12.2 Å². The molecule has 0 saturated heterocycles. The van der Waals surface area contributed by atoms with Gasteiger partial charge in [-0.3, -0.25) is 4.79 Å². The lowest BCUT2D eigenvalue weighted by molar-refractivity contribution is -0.138. The molecule has 1 aliphatic carbocycles. The average Bonchev–Trinajstić information content (AvgIpc) is 2.49. The highest BCUT2D eigenvalue weighted by molar-refractivity contribution is 5.67. The molecule has 86 valence electrons. The number of aliphatic hydroxyl groups is 1. The van der Waals surface area contributed by atoms with Crippen molar-refractivity contribution in [2.75, 3.05) is 0 Å². The number of aliphatic hydroxyl groups excluding tert-OH is 1. The lowest BCUT2D eigenvalue weighted by atomic mass is 9.89. The van der Waals surface area contributed by atoms with E-state index in [1.807, 2.05) is 0 Å². The monoisotopic (exact) mass is 212 g/mol. The van der Waals surface area contributed by atoms with Gasteiger partial charge < -0.3 is 10.2 Å². The highest BCUT2D eigenvalue weighted by Gasteiger charge is 2.34. The van der Waals surface area contributed by atoms with Crippen LogP contribution in [0.5, 0.6) is 0 Å². The Morgan fingerprint density at radius 1 is 1.40 bits per heavy atom. The number of hydrogen-bond donors (Lipinski definition) is 2. The molecule has 3 nitrogen and oxygen atoms in total. The van der Waals surface area contributed by atoms with Gasteiger partial charge in [0, 0.05) is 6.42 Å². The third kappa shape index (κ3) is 3.67. The minimum absolute atomic E-state index is 0.142. The Morgan fingerprint density at radius 3 is 2.73 bits per heavy atom. The SMILES string of the molecule is CCC=CCC1C(O)CCC1CC(=O)O. The van der Waals surface area contributed by atoms with Crippen molar-refractivity contribution >= 4 is 5.97 Å². The molecule has 0 aromatic heterocycles. The average molecular weight is 212 g/mol. The second kappa shape index (κ2) is 5.91. The first-order valence-electron chi connectivity index (χ1n) is 5.70. The minimum Gasteiger partial charge on any atom is -0.481 e. The Bertz CT molecular complexity index is 235. The molecule has 3 unspecified atom stereocenters. The molecule has 1 aliphatic rings. The summed E-state index contributed by atoms with van der Waals surface area (Å²) in [6.07, 6.45) is 7.43. The maximum absolute atomic E-state index is 10.6. The van der Waals surface area contributed by atoms with Crippen molar-refractivity contribution < 1.29 is 15.0 Å². The Balaban J connectivity index is 2.48. The van der Waals surface area contributed by atoms with Gasteiger partial charge in [0.15, 0.2) is 0 Å². The van der Waals surface area contributed by atoms with Gasteiger partial charge in [-0.2, -0.15) is 0 Å². The van der Waals surface area contributed by atoms with Crippen LogP contribution in [0.25, 0.3) is 0 Å². The van der Waals surface area contributed by atoms with Crippen molar-refractivity contribution in [2.45, 2.75) is 45.1 Å². The lowest BCUT2D eigenvalue weighted by Crippen LogP contribution is -2.20. The lowest BCUT2D eigenvalue weighted by Gasteiger charge is -2.18. The second-order valence-corrected chi connectivity index (χ2v) is 4.28. The first-order valence-corrected chi connectivity index (χ1v) is 5.70. The maximum atomic E-state index is 10.6. The van der Waals surface area contributed by atoms with Gasteiger partial charge in [-0.25, -0.2) is 0 Å². The fourth-order valence-electron chi connectivity index (χ4n) is 2.37. The van der Waals surface area contributed by atoms with Crippen molar-refractivity contribution in [3.8, 4) is 0 Å². The zero-order valence-electron chi connectivity index (χ0n) is 9.22. The molecule has 0 spiro atoms. The van der Waals surface area contributed by atoms with Gasteiger partial charge in [-0.1, -0.05) is 19.1 Å². The molecular weight excluding hydrogens is 192 g/mol. The van der Waals surface area contributed by atoms with Gasteiger partial charge >= 0.3 is 5.97 Å². The van der Waals surface area contributed by atoms with Crippen LogP contribution in [0, 0.1) is 11.8 Å². The van der Waals surface area contributed by atoms with E-state index < -0.39 is 5.97 Å². The van der Waals surface area contributed by atoms with Crippen LogP contribution in [-0.2, 0) is 4.79 Å². The quantitative estimate of drug-likeness (QED) is 0.687. The summed E-state index contributed by atoms with van der Waals surface area (Å²) >= 11 is 0. The number of carboxylic acid groups (broad SMARTS) is 1. The van der Waals surface area contributed by atoms with Crippen LogP contribution >= 0.6 is 0 Å². The van der Waals surface area contributed by atoms with Crippen molar-refractivity contribution in [1.29, 1.82) is 0 Å². The topological polar surface area (TPSA) is 57.5 Å². The summed E-state index contributed by atoms with van der Waals surface area (Å²) in [6, 6.07) is 0. The third-order valence-electron chi connectivity index (χ3n) is 3.18. The second-order valence-electron chi connectivity index (χ2n) is 4.28. The van der Waals surface area contributed by atoms with Gasteiger partial charge in [0.25, 0.3) is 0 Å². The first kappa shape index (κ1) is 12.2. The fourth-order valence-corrected chi connectivity index (χ4v) is 2.37. The standard InChI is InChI=1S/C12H20O3/c1-2-3-4-5-10-9(8-12(14)15)6-7-11(10)13/h3-4,9-11,13H,2,5-8H2,1H3,(H,14,15). The van der Waals surface area contributed by atoms with Crippen molar-refractivity contribution in [3.05, 3.63) is 12.2 Å². The summed E-state index contributed by atoms with van der Waals surface area (Å²) in [5.74, 6) is -0.457. The zero-order chi connectivity index (χ0) is 11.3. The molecule has 1 rings (SSSR count). The predicted molar refractivity (Wildman–Crippen MR) is 58.5 cm³/mol.